The molecule has 0 atom stereocenters. The third kappa shape index (κ3) is 4.42. The smallest absolute Gasteiger partial charge is 0.251 e. The topological polar surface area (TPSA) is 66.0 Å². The number of nitrogens with one attached hydrogen (secondary N) is 1. The molecular weight excluding hydrogens is 438 g/mol. The molecule has 0 saturated heterocycles. The third-order valence-electron chi connectivity index (χ3n) is 4.06. The Morgan fingerprint density at radius 3 is 2.48 bits per heavy atom. The molecule has 0 fully saturated rings. The van der Waals surface area contributed by atoms with Gasteiger partial charge in [-0.25, -0.2) is 0 Å². The Morgan fingerprint density at radius 2 is 1.81 bits per heavy atom. The van der Waals surface area contributed by atoms with Crippen molar-refractivity contribution in [2.24, 2.45) is 0 Å². The molecule has 0 aromatic heterocycles. The van der Waals surface area contributed by atoms with Gasteiger partial charge in [0.15, 0.2) is 11.5 Å². The number of amides is 1. The van der Waals surface area contributed by atoms with Crippen molar-refractivity contribution in [1.29, 1.82) is 0 Å². The van der Waals surface area contributed by atoms with E-state index in [0.717, 1.165) is 5.56 Å². The number of benzene rings is 2. The molecular formula is C19H19BrClNO5. The highest BCUT2D eigenvalue weighted by Crippen LogP contribution is 2.38. The summed E-state index contributed by atoms with van der Waals surface area (Å²) >= 11 is 9.63. The first kappa shape index (κ1) is 19.6. The van der Waals surface area contributed by atoms with Crippen LogP contribution in [0.1, 0.15) is 15.9 Å². The van der Waals surface area contributed by atoms with Gasteiger partial charge in [-0.05, 0) is 52.2 Å². The van der Waals surface area contributed by atoms with Crippen molar-refractivity contribution in [3.8, 4) is 23.0 Å². The van der Waals surface area contributed by atoms with E-state index in [4.69, 9.17) is 30.5 Å². The van der Waals surface area contributed by atoms with E-state index in [0.29, 0.717) is 64.2 Å². The van der Waals surface area contributed by atoms with Gasteiger partial charge in [-0.3, -0.25) is 4.79 Å². The molecule has 0 radical (unpaired) electrons. The number of carbonyl (C=O) groups excluding carboxylic acids is 1. The Morgan fingerprint density at radius 1 is 1.15 bits per heavy atom. The van der Waals surface area contributed by atoms with Gasteiger partial charge in [0.1, 0.15) is 29.2 Å². The van der Waals surface area contributed by atoms with Gasteiger partial charge in [-0.1, -0.05) is 11.6 Å². The van der Waals surface area contributed by atoms with E-state index in [9.17, 15) is 4.79 Å². The molecule has 0 aliphatic carbocycles. The van der Waals surface area contributed by atoms with Crippen LogP contribution in [0.3, 0.4) is 0 Å². The van der Waals surface area contributed by atoms with Gasteiger partial charge < -0.3 is 24.3 Å². The molecule has 2 aromatic rings. The van der Waals surface area contributed by atoms with E-state index in [1.54, 1.807) is 12.1 Å². The van der Waals surface area contributed by atoms with E-state index in [1.165, 1.54) is 14.2 Å². The molecule has 0 bridgehead atoms. The van der Waals surface area contributed by atoms with Crippen LogP contribution in [-0.2, 0) is 6.42 Å². The van der Waals surface area contributed by atoms with Crippen LogP contribution in [-0.4, -0.2) is 39.9 Å². The second-order valence-electron chi connectivity index (χ2n) is 5.80. The van der Waals surface area contributed by atoms with Gasteiger partial charge >= 0.3 is 0 Å². The van der Waals surface area contributed by atoms with Crippen molar-refractivity contribution >= 4 is 33.4 Å². The molecule has 1 heterocycles. The molecule has 1 amide bonds. The van der Waals surface area contributed by atoms with Crippen molar-refractivity contribution < 1.29 is 23.7 Å². The zero-order valence-corrected chi connectivity index (χ0v) is 17.3. The number of carbonyl (C=O) groups is 1. The minimum atomic E-state index is -0.220. The Hall–Kier alpha value is -2.12. The Labute approximate surface area is 170 Å². The molecule has 1 aliphatic rings. The largest absolute Gasteiger partial charge is 0.495 e. The van der Waals surface area contributed by atoms with Crippen LogP contribution in [0.25, 0.3) is 0 Å². The lowest BCUT2D eigenvalue weighted by Gasteiger charge is -2.20. The molecule has 1 N–H and O–H groups in total. The standard InChI is InChI=1S/C19H19BrClNO5/c1-24-14-9-12(10-15(25-2)17(14)20)19(23)22-4-3-11-7-13(21)18-16(8-11)26-5-6-27-18/h7-10H,3-6H2,1-2H3,(H,22,23). The van der Waals surface area contributed by atoms with Crippen LogP contribution in [0, 0.1) is 0 Å². The molecule has 2 aromatic carbocycles. The van der Waals surface area contributed by atoms with Crippen LogP contribution in [0.5, 0.6) is 23.0 Å². The highest BCUT2D eigenvalue weighted by Gasteiger charge is 2.17. The van der Waals surface area contributed by atoms with Gasteiger partial charge in [0, 0.05) is 12.1 Å². The number of rotatable bonds is 6. The lowest BCUT2D eigenvalue weighted by molar-refractivity contribution is 0.0953. The van der Waals surface area contributed by atoms with E-state index >= 15 is 0 Å². The number of methoxy groups -OCH3 is 2. The lowest BCUT2D eigenvalue weighted by atomic mass is 10.1. The highest BCUT2D eigenvalue weighted by atomic mass is 79.9. The first-order valence-electron chi connectivity index (χ1n) is 8.31. The highest BCUT2D eigenvalue weighted by molar-refractivity contribution is 9.10. The zero-order chi connectivity index (χ0) is 19.4. The summed E-state index contributed by atoms with van der Waals surface area (Å²) in [6.45, 7) is 1.43. The Bertz CT molecular complexity index is 833. The van der Waals surface area contributed by atoms with Gasteiger partial charge in [0.2, 0.25) is 0 Å². The van der Waals surface area contributed by atoms with Crippen molar-refractivity contribution in [3.05, 3.63) is 44.9 Å². The fraction of sp³-hybridized carbons (Fsp3) is 0.316. The molecule has 3 rings (SSSR count). The third-order valence-corrected chi connectivity index (χ3v) is 5.13. The van der Waals surface area contributed by atoms with Crippen molar-refractivity contribution in [2.45, 2.75) is 6.42 Å². The Kier molecular flexibility index (Phi) is 6.34. The predicted octanol–water partition coefficient (Wildman–Crippen LogP) is 3.86. The van der Waals surface area contributed by atoms with Crippen molar-refractivity contribution in [1.82, 2.24) is 5.32 Å². The molecule has 6 nitrogen and oxygen atoms in total. The summed E-state index contributed by atoms with van der Waals surface area (Å²) in [5, 5.41) is 3.40. The average molecular weight is 457 g/mol. The second-order valence-corrected chi connectivity index (χ2v) is 7.00. The van der Waals surface area contributed by atoms with E-state index in [-0.39, 0.29) is 5.91 Å². The van der Waals surface area contributed by atoms with Crippen molar-refractivity contribution in [3.63, 3.8) is 0 Å². The maximum atomic E-state index is 12.5. The normalized spacial score (nSPS) is 12.4. The summed E-state index contributed by atoms with van der Waals surface area (Å²) in [5.74, 6) is 2.04. The monoisotopic (exact) mass is 455 g/mol. The molecule has 0 spiro atoms. The fourth-order valence-corrected chi connectivity index (χ4v) is 3.57. The molecule has 1 aliphatic heterocycles. The van der Waals surface area contributed by atoms with Crippen LogP contribution >= 0.6 is 27.5 Å². The van der Waals surface area contributed by atoms with Gasteiger partial charge in [0.05, 0.1) is 19.2 Å². The molecule has 27 heavy (non-hydrogen) atoms. The summed E-state index contributed by atoms with van der Waals surface area (Å²) in [6.07, 6.45) is 0.604. The number of hydrogen-bond donors (Lipinski definition) is 1. The summed E-state index contributed by atoms with van der Waals surface area (Å²) in [7, 11) is 3.07. The number of ether oxygens (including phenoxy) is 4. The van der Waals surface area contributed by atoms with Gasteiger partial charge in [-0.2, -0.15) is 0 Å². The summed E-state index contributed by atoms with van der Waals surface area (Å²) < 4.78 is 22.3. The van der Waals surface area contributed by atoms with Crippen LogP contribution in [0.2, 0.25) is 5.02 Å². The maximum absolute atomic E-state index is 12.5. The minimum Gasteiger partial charge on any atom is -0.495 e. The van der Waals surface area contributed by atoms with Crippen LogP contribution < -0.4 is 24.3 Å². The van der Waals surface area contributed by atoms with Gasteiger partial charge in [0.25, 0.3) is 5.91 Å². The maximum Gasteiger partial charge on any atom is 0.251 e. The quantitative estimate of drug-likeness (QED) is 0.715. The first-order valence-corrected chi connectivity index (χ1v) is 9.48. The molecule has 144 valence electrons. The predicted molar refractivity (Wildman–Crippen MR) is 106 cm³/mol. The van der Waals surface area contributed by atoms with Crippen LogP contribution in [0.15, 0.2) is 28.7 Å². The zero-order valence-electron chi connectivity index (χ0n) is 14.9. The molecule has 8 heteroatoms. The van der Waals surface area contributed by atoms with E-state index < -0.39 is 0 Å². The van der Waals surface area contributed by atoms with E-state index in [1.807, 2.05) is 12.1 Å². The summed E-state index contributed by atoms with van der Waals surface area (Å²) in [6, 6.07) is 7.02. The van der Waals surface area contributed by atoms with Crippen LogP contribution in [0.4, 0.5) is 0 Å². The first-order chi connectivity index (χ1) is 13.0. The summed E-state index contributed by atoms with van der Waals surface area (Å²) in [5.41, 5.74) is 1.41. The Balaban J connectivity index is 1.66. The minimum absolute atomic E-state index is 0.220. The number of hydrogen-bond acceptors (Lipinski definition) is 5. The van der Waals surface area contributed by atoms with E-state index in [2.05, 4.69) is 21.2 Å². The average Bonchev–Trinajstić information content (AvgIpc) is 2.68. The lowest BCUT2D eigenvalue weighted by Crippen LogP contribution is -2.26. The SMILES string of the molecule is COc1cc(C(=O)NCCc2cc(Cl)c3c(c2)OCCO3)cc(OC)c1Br. The number of fused-ring (bicyclic) bond motifs is 1. The molecule has 0 unspecified atom stereocenters. The van der Waals surface area contributed by atoms with Gasteiger partial charge in [-0.15, -0.1) is 0 Å². The van der Waals surface area contributed by atoms with Crippen molar-refractivity contribution in [2.75, 3.05) is 34.0 Å². The second kappa shape index (κ2) is 8.71. The summed E-state index contributed by atoms with van der Waals surface area (Å²) in [4.78, 5) is 12.5. The molecule has 0 saturated carbocycles. The fourth-order valence-electron chi connectivity index (χ4n) is 2.73. The number of halogens is 2.